The lowest BCUT2D eigenvalue weighted by Gasteiger charge is -2.20. The van der Waals surface area contributed by atoms with Crippen LogP contribution < -0.4 is 0 Å². The number of nitrogens with zero attached hydrogens (tertiary/aromatic N) is 2. The molecule has 0 saturated heterocycles. The SMILES string of the molecule is C/C(=N\C1CCCCC1)N(C)C. The number of hydrogen-bond donors (Lipinski definition) is 0. The Hall–Kier alpha value is -0.530. The molecule has 0 heterocycles. The molecule has 0 aromatic heterocycles. The van der Waals surface area contributed by atoms with Crippen LogP contribution in [0.1, 0.15) is 39.0 Å². The summed E-state index contributed by atoms with van der Waals surface area (Å²) >= 11 is 0. The predicted octanol–water partition coefficient (Wildman–Crippen LogP) is 2.30. The molecular weight excluding hydrogens is 148 g/mol. The van der Waals surface area contributed by atoms with Gasteiger partial charge in [0.1, 0.15) is 0 Å². The molecule has 70 valence electrons. The minimum Gasteiger partial charge on any atom is -0.367 e. The average Bonchev–Trinajstić information content (AvgIpc) is 2.06. The second kappa shape index (κ2) is 4.48. The third-order valence-corrected chi connectivity index (χ3v) is 2.59. The Kier molecular flexibility index (Phi) is 3.57. The van der Waals surface area contributed by atoms with E-state index < -0.39 is 0 Å². The Labute approximate surface area is 75.7 Å². The molecule has 0 radical (unpaired) electrons. The fourth-order valence-corrected chi connectivity index (χ4v) is 1.59. The maximum Gasteiger partial charge on any atom is 0.0955 e. The van der Waals surface area contributed by atoms with Crippen molar-refractivity contribution >= 4 is 5.84 Å². The van der Waals surface area contributed by atoms with E-state index in [1.807, 2.05) is 0 Å². The van der Waals surface area contributed by atoms with E-state index in [4.69, 9.17) is 0 Å². The Bertz CT molecular complexity index is 155. The first-order valence-electron chi connectivity index (χ1n) is 4.92. The summed E-state index contributed by atoms with van der Waals surface area (Å²) in [6.07, 6.45) is 6.74. The molecule has 12 heavy (non-hydrogen) atoms. The first-order chi connectivity index (χ1) is 5.70. The van der Waals surface area contributed by atoms with E-state index in [2.05, 4.69) is 30.9 Å². The Morgan fingerprint density at radius 3 is 2.25 bits per heavy atom. The quantitative estimate of drug-likeness (QED) is 0.433. The van der Waals surface area contributed by atoms with Crippen molar-refractivity contribution in [2.45, 2.75) is 45.1 Å². The van der Waals surface area contributed by atoms with Gasteiger partial charge in [-0.3, -0.25) is 4.99 Å². The molecule has 1 saturated carbocycles. The molecule has 0 aromatic rings. The van der Waals surface area contributed by atoms with Gasteiger partial charge < -0.3 is 4.90 Å². The van der Waals surface area contributed by atoms with Crippen molar-refractivity contribution in [3.05, 3.63) is 0 Å². The van der Waals surface area contributed by atoms with Crippen LogP contribution in [-0.2, 0) is 0 Å². The average molecular weight is 168 g/mol. The van der Waals surface area contributed by atoms with Gasteiger partial charge in [0.05, 0.1) is 11.9 Å². The van der Waals surface area contributed by atoms with E-state index in [0.29, 0.717) is 6.04 Å². The van der Waals surface area contributed by atoms with Crippen molar-refractivity contribution in [3.8, 4) is 0 Å². The standard InChI is InChI=1S/C10H20N2/c1-9(12(2)3)11-10-7-5-4-6-8-10/h10H,4-8H2,1-3H3/b11-9+. The smallest absolute Gasteiger partial charge is 0.0955 e. The maximum absolute atomic E-state index is 4.68. The van der Waals surface area contributed by atoms with Gasteiger partial charge in [0, 0.05) is 14.1 Å². The molecule has 0 bridgehead atoms. The zero-order valence-corrected chi connectivity index (χ0v) is 8.51. The van der Waals surface area contributed by atoms with Gasteiger partial charge in [0.2, 0.25) is 0 Å². The molecule has 2 heteroatoms. The molecule has 0 aliphatic heterocycles. The van der Waals surface area contributed by atoms with Crippen LogP contribution in [0, 0.1) is 0 Å². The van der Waals surface area contributed by atoms with Crippen molar-refractivity contribution in [1.29, 1.82) is 0 Å². The van der Waals surface area contributed by atoms with Crippen molar-refractivity contribution < 1.29 is 0 Å². The largest absolute Gasteiger partial charge is 0.367 e. The van der Waals surface area contributed by atoms with Crippen LogP contribution in [0.5, 0.6) is 0 Å². The first kappa shape index (κ1) is 9.56. The topological polar surface area (TPSA) is 15.6 Å². The molecule has 1 rings (SSSR count). The molecule has 1 fully saturated rings. The summed E-state index contributed by atoms with van der Waals surface area (Å²) in [5, 5.41) is 0. The molecule has 0 unspecified atom stereocenters. The molecule has 1 aliphatic rings. The summed E-state index contributed by atoms with van der Waals surface area (Å²) in [7, 11) is 4.11. The number of amidine groups is 1. The summed E-state index contributed by atoms with van der Waals surface area (Å²) in [4.78, 5) is 6.77. The lowest BCUT2D eigenvalue weighted by atomic mass is 9.96. The molecular formula is C10H20N2. The Morgan fingerprint density at radius 2 is 1.75 bits per heavy atom. The van der Waals surface area contributed by atoms with Crippen molar-refractivity contribution in [2.75, 3.05) is 14.1 Å². The predicted molar refractivity (Wildman–Crippen MR) is 53.7 cm³/mol. The van der Waals surface area contributed by atoms with Gasteiger partial charge in [-0.15, -0.1) is 0 Å². The van der Waals surface area contributed by atoms with Gasteiger partial charge >= 0.3 is 0 Å². The maximum atomic E-state index is 4.68. The summed E-state index contributed by atoms with van der Waals surface area (Å²) in [6.45, 7) is 2.09. The van der Waals surface area contributed by atoms with Gasteiger partial charge in [-0.1, -0.05) is 19.3 Å². The van der Waals surface area contributed by atoms with E-state index in [0.717, 1.165) is 0 Å². The fraction of sp³-hybridized carbons (Fsp3) is 0.900. The van der Waals surface area contributed by atoms with Crippen LogP contribution in [0.25, 0.3) is 0 Å². The van der Waals surface area contributed by atoms with Crippen molar-refractivity contribution in [3.63, 3.8) is 0 Å². The lowest BCUT2D eigenvalue weighted by Crippen LogP contribution is -2.22. The van der Waals surface area contributed by atoms with E-state index in [1.54, 1.807) is 0 Å². The van der Waals surface area contributed by atoms with Crippen LogP contribution in [-0.4, -0.2) is 30.9 Å². The highest BCUT2D eigenvalue weighted by Gasteiger charge is 2.11. The molecule has 1 aliphatic carbocycles. The first-order valence-corrected chi connectivity index (χ1v) is 4.92. The van der Waals surface area contributed by atoms with Crippen molar-refractivity contribution in [1.82, 2.24) is 4.90 Å². The fourth-order valence-electron chi connectivity index (χ4n) is 1.59. The highest BCUT2D eigenvalue weighted by atomic mass is 15.1. The third-order valence-electron chi connectivity index (χ3n) is 2.59. The van der Waals surface area contributed by atoms with Crippen LogP contribution in [0.3, 0.4) is 0 Å². The molecule has 0 spiro atoms. The molecule has 0 atom stereocenters. The van der Waals surface area contributed by atoms with Gasteiger partial charge in [0.25, 0.3) is 0 Å². The van der Waals surface area contributed by atoms with Crippen molar-refractivity contribution in [2.24, 2.45) is 4.99 Å². The van der Waals surface area contributed by atoms with Gasteiger partial charge in [-0.2, -0.15) is 0 Å². The van der Waals surface area contributed by atoms with Crippen LogP contribution in [0.2, 0.25) is 0 Å². The van der Waals surface area contributed by atoms with E-state index in [9.17, 15) is 0 Å². The summed E-state index contributed by atoms with van der Waals surface area (Å²) < 4.78 is 0. The van der Waals surface area contributed by atoms with Gasteiger partial charge in [-0.05, 0) is 19.8 Å². The number of hydrogen-bond acceptors (Lipinski definition) is 1. The highest BCUT2D eigenvalue weighted by molar-refractivity contribution is 5.79. The minimum atomic E-state index is 0.612. The van der Waals surface area contributed by atoms with Crippen LogP contribution in [0.15, 0.2) is 4.99 Å². The van der Waals surface area contributed by atoms with E-state index >= 15 is 0 Å². The third kappa shape index (κ3) is 2.84. The second-order valence-corrected chi connectivity index (χ2v) is 3.86. The minimum absolute atomic E-state index is 0.612. The molecule has 0 aromatic carbocycles. The number of rotatable bonds is 1. The molecule has 0 N–H and O–H groups in total. The Balaban J connectivity index is 2.41. The summed E-state index contributed by atoms with van der Waals surface area (Å²) in [5.41, 5.74) is 0. The Morgan fingerprint density at radius 1 is 1.17 bits per heavy atom. The number of aliphatic imine (C=N–C) groups is 1. The monoisotopic (exact) mass is 168 g/mol. The van der Waals surface area contributed by atoms with E-state index in [-0.39, 0.29) is 0 Å². The summed E-state index contributed by atoms with van der Waals surface area (Å²) in [5.74, 6) is 1.17. The van der Waals surface area contributed by atoms with Crippen LogP contribution in [0.4, 0.5) is 0 Å². The molecule has 2 nitrogen and oxygen atoms in total. The summed E-state index contributed by atoms with van der Waals surface area (Å²) in [6, 6.07) is 0.612. The van der Waals surface area contributed by atoms with Gasteiger partial charge in [-0.25, -0.2) is 0 Å². The van der Waals surface area contributed by atoms with Gasteiger partial charge in [0.15, 0.2) is 0 Å². The highest BCUT2D eigenvalue weighted by Crippen LogP contribution is 2.20. The van der Waals surface area contributed by atoms with E-state index in [1.165, 1.54) is 37.9 Å². The second-order valence-electron chi connectivity index (χ2n) is 3.86. The molecule has 0 amide bonds. The normalized spacial score (nSPS) is 21.1. The zero-order valence-electron chi connectivity index (χ0n) is 8.51. The van der Waals surface area contributed by atoms with Crippen LogP contribution >= 0.6 is 0 Å². The lowest BCUT2D eigenvalue weighted by molar-refractivity contribution is 0.437. The zero-order chi connectivity index (χ0) is 8.97.